The lowest BCUT2D eigenvalue weighted by Gasteiger charge is -2.06. The van der Waals surface area contributed by atoms with Crippen LogP contribution in [0.25, 0.3) is 0 Å². The van der Waals surface area contributed by atoms with E-state index in [-0.39, 0.29) is 11.5 Å². The van der Waals surface area contributed by atoms with E-state index in [1.54, 1.807) is 24.3 Å². The zero-order valence-corrected chi connectivity index (χ0v) is 8.72. The zero-order valence-electron chi connectivity index (χ0n) is 8.72. The van der Waals surface area contributed by atoms with Gasteiger partial charge in [-0.05, 0) is 35.7 Å². The maximum absolute atomic E-state index is 9.23. The standard InChI is InChI=1S/C13H13NO2/c14-13-8-12(16)6-3-10(13)7-9-1-4-11(15)5-2-9/h1-6,8,15-16H,7,14H2. The van der Waals surface area contributed by atoms with Gasteiger partial charge in [0.15, 0.2) is 0 Å². The van der Waals surface area contributed by atoms with Crippen LogP contribution in [-0.2, 0) is 6.42 Å². The predicted molar refractivity (Wildman–Crippen MR) is 63.4 cm³/mol. The fourth-order valence-corrected chi connectivity index (χ4v) is 1.58. The van der Waals surface area contributed by atoms with Crippen LogP contribution in [0.3, 0.4) is 0 Å². The molecular weight excluding hydrogens is 202 g/mol. The second-order valence-corrected chi connectivity index (χ2v) is 3.73. The van der Waals surface area contributed by atoms with E-state index < -0.39 is 0 Å². The number of phenols is 2. The lowest BCUT2D eigenvalue weighted by Crippen LogP contribution is -1.95. The van der Waals surface area contributed by atoms with Gasteiger partial charge < -0.3 is 15.9 Å². The highest BCUT2D eigenvalue weighted by atomic mass is 16.3. The van der Waals surface area contributed by atoms with Crippen LogP contribution in [0.4, 0.5) is 5.69 Å². The minimum Gasteiger partial charge on any atom is -0.508 e. The molecule has 2 aromatic rings. The number of anilines is 1. The number of rotatable bonds is 2. The Morgan fingerprint density at radius 2 is 1.50 bits per heavy atom. The van der Waals surface area contributed by atoms with Crippen molar-refractivity contribution in [2.75, 3.05) is 5.73 Å². The Bertz CT molecular complexity index is 492. The summed E-state index contributed by atoms with van der Waals surface area (Å²) in [6.45, 7) is 0. The first-order chi connectivity index (χ1) is 7.65. The van der Waals surface area contributed by atoms with Crippen LogP contribution in [0.5, 0.6) is 11.5 Å². The minimum atomic E-state index is 0.173. The topological polar surface area (TPSA) is 66.5 Å². The van der Waals surface area contributed by atoms with E-state index in [1.165, 1.54) is 6.07 Å². The predicted octanol–water partition coefficient (Wildman–Crippen LogP) is 2.27. The van der Waals surface area contributed by atoms with Crippen molar-refractivity contribution < 1.29 is 10.2 Å². The van der Waals surface area contributed by atoms with Gasteiger partial charge in [0.05, 0.1) is 0 Å². The van der Waals surface area contributed by atoms with E-state index >= 15 is 0 Å². The van der Waals surface area contributed by atoms with Gasteiger partial charge in [-0.2, -0.15) is 0 Å². The van der Waals surface area contributed by atoms with E-state index in [0.717, 1.165) is 11.1 Å². The Balaban J connectivity index is 2.23. The summed E-state index contributed by atoms with van der Waals surface area (Å²) >= 11 is 0. The number of hydrogen-bond donors (Lipinski definition) is 3. The highest BCUT2D eigenvalue weighted by molar-refractivity contribution is 5.52. The average molecular weight is 215 g/mol. The van der Waals surface area contributed by atoms with Crippen molar-refractivity contribution in [1.82, 2.24) is 0 Å². The third kappa shape index (κ3) is 2.25. The summed E-state index contributed by atoms with van der Waals surface area (Å²) < 4.78 is 0. The molecule has 0 atom stereocenters. The van der Waals surface area contributed by atoms with Gasteiger partial charge in [-0.25, -0.2) is 0 Å². The quantitative estimate of drug-likeness (QED) is 0.673. The Morgan fingerprint density at radius 1 is 0.875 bits per heavy atom. The van der Waals surface area contributed by atoms with Crippen LogP contribution < -0.4 is 5.73 Å². The van der Waals surface area contributed by atoms with Crippen LogP contribution >= 0.6 is 0 Å². The molecule has 0 spiro atoms. The second kappa shape index (κ2) is 4.14. The van der Waals surface area contributed by atoms with Gasteiger partial charge in [-0.15, -0.1) is 0 Å². The number of nitrogens with two attached hydrogens (primary N) is 1. The molecule has 0 heterocycles. The van der Waals surface area contributed by atoms with Crippen LogP contribution in [0.15, 0.2) is 42.5 Å². The van der Waals surface area contributed by atoms with Crippen molar-refractivity contribution in [2.45, 2.75) is 6.42 Å². The highest BCUT2D eigenvalue weighted by Gasteiger charge is 2.02. The van der Waals surface area contributed by atoms with Gasteiger partial charge in [0.25, 0.3) is 0 Å². The molecule has 16 heavy (non-hydrogen) atoms. The normalized spacial score (nSPS) is 10.2. The fourth-order valence-electron chi connectivity index (χ4n) is 1.58. The number of phenolic OH excluding ortho intramolecular Hbond substituents is 2. The van der Waals surface area contributed by atoms with Crippen molar-refractivity contribution in [3.8, 4) is 11.5 Å². The SMILES string of the molecule is Nc1cc(O)ccc1Cc1ccc(O)cc1. The highest BCUT2D eigenvalue weighted by Crippen LogP contribution is 2.22. The summed E-state index contributed by atoms with van der Waals surface area (Å²) in [5, 5.41) is 18.4. The Hall–Kier alpha value is -2.16. The van der Waals surface area contributed by atoms with Crippen molar-refractivity contribution in [1.29, 1.82) is 0 Å². The van der Waals surface area contributed by atoms with E-state index in [9.17, 15) is 5.11 Å². The van der Waals surface area contributed by atoms with Crippen molar-refractivity contribution in [3.63, 3.8) is 0 Å². The van der Waals surface area contributed by atoms with Crippen LogP contribution in [0, 0.1) is 0 Å². The van der Waals surface area contributed by atoms with Crippen molar-refractivity contribution in [2.24, 2.45) is 0 Å². The summed E-state index contributed by atoms with van der Waals surface area (Å²) in [6.07, 6.45) is 0.687. The van der Waals surface area contributed by atoms with E-state index in [4.69, 9.17) is 10.8 Å². The maximum atomic E-state index is 9.23. The Labute approximate surface area is 93.8 Å². The molecule has 0 unspecified atom stereocenters. The summed E-state index contributed by atoms with van der Waals surface area (Å²) in [5.74, 6) is 0.425. The van der Waals surface area contributed by atoms with E-state index in [2.05, 4.69) is 0 Å². The number of nitrogen functional groups attached to an aromatic ring is 1. The molecule has 3 nitrogen and oxygen atoms in total. The van der Waals surface area contributed by atoms with Gasteiger partial charge in [0, 0.05) is 11.8 Å². The van der Waals surface area contributed by atoms with Gasteiger partial charge in [-0.1, -0.05) is 18.2 Å². The van der Waals surface area contributed by atoms with Gasteiger partial charge in [0.1, 0.15) is 11.5 Å². The molecule has 0 aliphatic rings. The van der Waals surface area contributed by atoms with Gasteiger partial charge in [-0.3, -0.25) is 0 Å². The first kappa shape index (κ1) is 10.4. The smallest absolute Gasteiger partial charge is 0.117 e. The van der Waals surface area contributed by atoms with E-state index in [0.29, 0.717) is 12.1 Å². The molecule has 2 rings (SSSR count). The summed E-state index contributed by atoms with van der Waals surface area (Å²) in [6, 6.07) is 11.9. The molecule has 0 amide bonds. The Kier molecular flexibility index (Phi) is 2.68. The monoisotopic (exact) mass is 215 g/mol. The van der Waals surface area contributed by atoms with Gasteiger partial charge >= 0.3 is 0 Å². The molecule has 0 aliphatic heterocycles. The fraction of sp³-hybridized carbons (Fsp3) is 0.0769. The molecule has 0 aromatic heterocycles. The molecule has 0 saturated heterocycles. The summed E-state index contributed by atoms with van der Waals surface area (Å²) in [7, 11) is 0. The lowest BCUT2D eigenvalue weighted by atomic mass is 10.0. The van der Waals surface area contributed by atoms with Crippen molar-refractivity contribution in [3.05, 3.63) is 53.6 Å². The molecule has 4 N–H and O–H groups in total. The second-order valence-electron chi connectivity index (χ2n) is 3.73. The van der Waals surface area contributed by atoms with Crippen LogP contribution in [-0.4, -0.2) is 10.2 Å². The lowest BCUT2D eigenvalue weighted by molar-refractivity contribution is 0.475. The number of benzene rings is 2. The minimum absolute atomic E-state index is 0.173. The van der Waals surface area contributed by atoms with Crippen molar-refractivity contribution >= 4 is 5.69 Å². The molecule has 2 aromatic carbocycles. The number of hydrogen-bond acceptors (Lipinski definition) is 3. The summed E-state index contributed by atoms with van der Waals surface area (Å²) in [4.78, 5) is 0. The average Bonchev–Trinajstić information content (AvgIpc) is 2.25. The molecule has 0 fully saturated rings. The van der Waals surface area contributed by atoms with Gasteiger partial charge in [0.2, 0.25) is 0 Å². The molecule has 0 radical (unpaired) electrons. The zero-order chi connectivity index (χ0) is 11.5. The third-order valence-corrected chi connectivity index (χ3v) is 2.46. The maximum Gasteiger partial charge on any atom is 0.117 e. The summed E-state index contributed by atoms with van der Waals surface area (Å²) in [5.41, 5.74) is 8.39. The molecule has 0 bridgehead atoms. The molecule has 0 saturated carbocycles. The number of aromatic hydroxyl groups is 2. The largest absolute Gasteiger partial charge is 0.508 e. The van der Waals surface area contributed by atoms with Crippen LogP contribution in [0.2, 0.25) is 0 Å². The molecular formula is C13H13NO2. The molecule has 3 heteroatoms. The van der Waals surface area contributed by atoms with E-state index in [1.807, 2.05) is 12.1 Å². The molecule has 0 aliphatic carbocycles. The van der Waals surface area contributed by atoms with Crippen LogP contribution in [0.1, 0.15) is 11.1 Å². The third-order valence-electron chi connectivity index (χ3n) is 2.46. The first-order valence-corrected chi connectivity index (χ1v) is 5.00. The first-order valence-electron chi connectivity index (χ1n) is 5.00. The molecule has 82 valence electrons. The Morgan fingerprint density at radius 3 is 2.12 bits per heavy atom.